The Morgan fingerprint density at radius 1 is 1.42 bits per heavy atom. The third-order valence-electron chi connectivity index (χ3n) is 2.24. The second kappa shape index (κ2) is 5.11. The number of halogens is 2. The molecule has 0 spiro atoms. The van der Waals surface area contributed by atoms with Crippen LogP contribution in [0.2, 0.25) is 0 Å². The van der Waals surface area contributed by atoms with Gasteiger partial charge < -0.3 is 14.8 Å². The molecule has 0 bridgehead atoms. The molecule has 0 amide bonds. The maximum absolute atomic E-state index is 13.5. The second-order valence-electron chi connectivity index (χ2n) is 3.68. The van der Waals surface area contributed by atoms with Gasteiger partial charge in [-0.1, -0.05) is 0 Å². The molecule has 6 nitrogen and oxygen atoms in total. The normalized spacial score (nSPS) is 10.8. The molecule has 0 saturated carbocycles. The van der Waals surface area contributed by atoms with Crippen LogP contribution in [-0.2, 0) is 16.1 Å². The number of ether oxygens (including phenoxy) is 1. The molecule has 8 heteroatoms. The van der Waals surface area contributed by atoms with E-state index in [2.05, 4.69) is 9.97 Å². The zero-order valence-electron chi connectivity index (χ0n) is 9.44. The zero-order valence-corrected chi connectivity index (χ0v) is 9.44. The van der Waals surface area contributed by atoms with Crippen LogP contribution >= 0.6 is 0 Å². The number of aromatic amines is 1. The van der Waals surface area contributed by atoms with Gasteiger partial charge in [-0.25, -0.2) is 18.6 Å². The number of carboxylic acids is 1. The van der Waals surface area contributed by atoms with Crippen LogP contribution in [0.3, 0.4) is 0 Å². The molecule has 0 radical (unpaired) electrons. The Labute approximate surface area is 104 Å². The maximum atomic E-state index is 13.5. The Hall–Kier alpha value is -2.35. The number of aromatic nitrogens is 2. The number of H-pyrrole nitrogens is 1. The van der Waals surface area contributed by atoms with E-state index in [1.807, 2.05) is 0 Å². The molecule has 1 aromatic carbocycles. The molecule has 0 aliphatic rings. The van der Waals surface area contributed by atoms with Crippen LogP contribution in [0.25, 0.3) is 10.9 Å². The average Bonchev–Trinajstić information content (AvgIpc) is 2.30. The van der Waals surface area contributed by atoms with Crippen molar-refractivity contribution in [2.45, 2.75) is 6.61 Å². The zero-order chi connectivity index (χ0) is 14.0. The van der Waals surface area contributed by atoms with Crippen molar-refractivity contribution in [1.29, 1.82) is 0 Å². The lowest BCUT2D eigenvalue weighted by Gasteiger charge is -2.04. The summed E-state index contributed by atoms with van der Waals surface area (Å²) >= 11 is 0. The molecule has 2 aromatic rings. The molecule has 0 saturated heterocycles. The van der Waals surface area contributed by atoms with Gasteiger partial charge in [-0.2, -0.15) is 0 Å². The number of nitrogens with zero attached hydrogens (tertiary/aromatic N) is 1. The highest BCUT2D eigenvalue weighted by Gasteiger charge is 2.11. The number of nitrogens with one attached hydrogen (secondary N) is 1. The van der Waals surface area contributed by atoms with Crippen molar-refractivity contribution in [3.05, 3.63) is 39.9 Å². The van der Waals surface area contributed by atoms with Crippen LogP contribution in [0.1, 0.15) is 5.82 Å². The standard InChI is InChI=1S/C11H8F2N2O4/c12-5-1-6-10(7(13)2-5)14-8(15-11(6)18)3-19-4-9(16)17/h1-2H,3-4H2,(H,16,17)(H,14,15,18). The van der Waals surface area contributed by atoms with Crippen LogP contribution in [-0.4, -0.2) is 27.7 Å². The van der Waals surface area contributed by atoms with Crippen molar-refractivity contribution in [1.82, 2.24) is 9.97 Å². The summed E-state index contributed by atoms with van der Waals surface area (Å²) < 4.78 is 31.1. The molecule has 1 aromatic heterocycles. The summed E-state index contributed by atoms with van der Waals surface area (Å²) in [6.07, 6.45) is 0. The average molecular weight is 270 g/mol. The van der Waals surface area contributed by atoms with Crippen LogP contribution < -0.4 is 5.56 Å². The Balaban J connectivity index is 2.38. The molecule has 0 unspecified atom stereocenters. The van der Waals surface area contributed by atoms with Gasteiger partial charge in [0.2, 0.25) is 0 Å². The lowest BCUT2D eigenvalue weighted by Crippen LogP contribution is -2.15. The second-order valence-corrected chi connectivity index (χ2v) is 3.68. The fourth-order valence-corrected chi connectivity index (χ4v) is 1.52. The van der Waals surface area contributed by atoms with Crippen molar-refractivity contribution in [2.24, 2.45) is 0 Å². The molecule has 1 heterocycles. The minimum absolute atomic E-state index is 0.0377. The molecular formula is C11H8F2N2O4. The first-order chi connectivity index (χ1) is 8.97. The van der Waals surface area contributed by atoms with Crippen molar-refractivity contribution in [3.8, 4) is 0 Å². The Morgan fingerprint density at radius 2 is 2.16 bits per heavy atom. The summed E-state index contributed by atoms with van der Waals surface area (Å²) in [5, 5.41) is 8.15. The highest BCUT2D eigenvalue weighted by atomic mass is 19.1. The molecule has 0 aliphatic heterocycles. The largest absolute Gasteiger partial charge is 0.480 e. The Morgan fingerprint density at radius 3 is 2.84 bits per heavy atom. The summed E-state index contributed by atoms with van der Waals surface area (Å²) in [6.45, 7) is -0.873. The first-order valence-corrected chi connectivity index (χ1v) is 5.15. The molecule has 100 valence electrons. The van der Waals surface area contributed by atoms with Gasteiger partial charge in [0.05, 0.1) is 5.39 Å². The van der Waals surface area contributed by atoms with E-state index in [1.54, 1.807) is 0 Å². The molecular weight excluding hydrogens is 262 g/mol. The highest BCUT2D eigenvalue weighted by Crippen LogP contribution is 2.14. The third-order valence-corrected chi connectivity index (χ3v) is 2.24. The minimum Gasteiger partial charge on any atom is -0.480 e. The van der Waals surface area contributed by atoms with Crippen molar-refractivity contribution in [2.75, 3.05) is 6.61 Å². The van der Waals surface area contributed by atoms with Gasteiger partial charge in [0.1, 0.15) is 30.4 Å². The van der Waals surface area contributed by atoms with E-state index in [1.165, 1.54) is 0 Å². The summed E-state index contributed by atoms with van der Waals surface area (Å²) in [4.78, 5) is 27.9. The van der Waals surface area contributed by atoms with E-state index in [-0.39, 0.29) is 23.3 Å². The van der Waals surface area contributed by atoms with Gasteiger partial charge in [-0.3, -0.25) is 4.79 Å². The maximum Gasteiger partial charge on any atom is 0.329 e. The lowest BCUT2D eigenvalue weighted by molar-refractivity contribution is -0.142. The number of carbonyl (C=O) groups is 1. The van der Waals surface area contributed by atoms with Gasteiger partial charge in [-0.15, -0.1) is 0 Å². The number of rotatable bonds is 4. The quantitative estimate of drug-likeness (QED) is 0.857. The van der Waals surface area contributed by atoms with Crippen molar-refractivity contribution in [3.63, 3.8) is 0 Å². The number of hydrogen-bond acceptors (Lipinski definition) is 4. The fraction of sp³-hybridized carbons (Fsp3) is 0.182. The minimum atomic E-state index is -1.18. The first-order valence-electron chi connectivity index (χ1n) is 5.15. The molecule has 0 atom stereocenters. The summed E-state index contributed by atoms with van der Waals surface area (Å²) in [5.41, 5.74) is -1.02. The molecule has 2 rings (SSSR count). The number of hydrogen-bond donors (Lipinski definition) is 2. The first kappa shape index (κ1) is 13.1. The molecule has 0 fully saturated rings. The number of fused-ring (bicyclic) bond motifs is 1. The third kappa shape index (κ3) is 2.91. The molecule has 0 aliphatic carbocycles. The summed E-state index contributed by atoms with van der Waals surface area (Å²) in [7, 11) is 0. The Kier molecular flexibility index (Phi) is 3.52. The lowest BCUT2D eigenvalue weighted by atomic mass is 10.2. The number of carboxylic acid groups (broad SMARTS) is 1. The van der Waals surface area contributed by atoms with E-state index >= 15 is 0 Å². The monoisotopic (exact) mass is 270 g/mol. The van der Waals surface area contributed by atoms with E-state index in [4.69, 9.17) is 9.84 Å². The predicted molar refractivity (Wildman–Crippen MR) is 59.6 cm³/mol. The van der Waals surface area contributed by atoms with Crippen molar-refractivity contribution < 1.29 is 23.4 Å². The van der Waals surface area contributed by atoms with Crippen molar-refractivity contribution >= 4 is 16.9 Å². The van der Waals surface area contributed by atoms with Crippen LogP contribution in [0.4, 0.5) is 8.78 Å². The topological polar surface area (TPSA) is 92.3 Å². The number of benzene rings is 1. The van der Waals surface area contributed by atoms with Gasteiger partial charge in [0.15, 0.2) is 5.82 Å². The summed E-state index contributed by atoms with van der Waals surface area (Å²) in [5.74, 6) is -3.08. The Bertz CT molecular complexity index is 699. The van der Waals surface area contributed by atoms with Gasteiger partial charge in [0.25, 0.3) is 5.56 Å². The van der Waals surface area contributed by atoms with Gasteiger partial charge in [0, 0.05) is 6.07 Å². The SMILES string of the molecule is O=C(O)COCc1nc2c(F)cc(F)cc2c(=O)[nH]1. The van der Waals surface area contributed by atoms with Crippen LogP contribution in [0.5, 0.6) is 0 Å². The molecule has 19 heavy (non-hydrogen) atoms. The van der Waals surface area contributed by atoms with Gasteiger partial charge in [-0.05, 0) is 6.07 Å². The van der Waals surface area contributed by atoms with Crippen LogP contribution in [0.15, 0.2) is 16.9 Å². The summed E-state index contributed by atoms with van der Waals surface area (Å²) in [6, 6.07) is 1.47. The van der Waals surface area contributed by atoms with Gasteiger partial charge >= 0.3 is 5.97 Å². The number of aliphatic carboxylic acids is 1. The smallest absolute Gasteiger partial charge is 0.329 e. The van der Waals surface area contributed by atoms with E-state index in [0.29, 0.717) is 6.07 Å². The fourth-order valence-electron chi connectivity index (χ4n) is 1.52. The predicted octanol–water partition coefficient (Wildman–Crippen LogP) is 0.802. The molecule has 2 N–H and O–H groups in total. The highest BCUT2D eigenvalue weighted by molar-refractivity contribution is 5.78. The van der Waals surface area contributed by atoms with E-state index in [0.717, 1.165) is 6.07 Å². The van der Waals surface area contributed by atoms with E-state index < -0.39 is 29.8 Å². The van der Waals surface area contributed by atoms with Crippen LogP contribution in [0, 0.1) is 11.6 Å². The van der Waals surface area contributed by atoms with E-state index in [9.17, 15) is 18.4 Å².